The fraction of sp³-hybridized carbons (Fsp3) is 0.529. The van der Waals surface area contributed by atoms with Crippen molar-refractivity contribution in [3.63, 3.8) is 0 Å². The van der Waals surface area contributed by atoms with Crippen LogP contribution in [0, 0.1) is 11.6 Å². The molecular weight excluding hydrogens is 350 g/mol. The van der Waals surface area contributed by atoms with Gasteiger partial charge in [0, 0.05) is 37.9 Å². The van der Waals surface area contributed by atoms with Crippen LogP contribution >= 0.6 is 11.8 Å². The summed E-state index contributed by atoms with van der Waals surface area (Å²) in [6, 6.07) is 2.46. The lowest BCUT2D eigenvalue weighted by Gasteiger charge is -2.29. The zero-order valence-corrected chi connectivity index (χ0v) is 14.7. The van der Waals surface area contributed by atoms with Crippen LogP contribution in [0.1, 0.15) is 24.8 Å². The van der Waals surface area contributed by atoms with E-state index in [2.05, 4.69) is 5.32 Å². The molecule has 2 aliphatic heterocycles. The number of esters is 1. The highest BCUT2D eigenvalue weighted by molar-refractivity contribution is 7.99. The van der Waals surface area contributed by atoms with Gasteiger partial charge in [-0.1, -0.05) is 0 Å². The number of cyclic esters (lactones) is 1. The highest BCUT2D eigenvalue weighted by Crippen LogP contribution is 2.35. The number of nitrogens with one attached hydrogen (secondary N) is 1. The molecule has 0 saturated carbocycles. The summed E-state index contributed by atoms with van der Waals surface area (Å²) in [5.74, 6) is -1.09. The van der Waals surface area contributed by atoms with Gasteiger partial charge in [-0.15, -0.1) is 0 Å². The van der Waals surface area contributed by atoms with E-state index in [1.807, 2.05) is 0 Å². The molecule has 2 heterocycles. The van der Waals surface area contributed by atoms with Crippen molar-refractivity contribution in [1.29, 1.82) is 0 Å². The Hall–Kier alpha value is -1.83. The quantitative estimate of drug-likeness (QED) is 0.822. The first-order valence-electron chi connectivity index (χ1n) is 8.22. The molecule has 0 radical (unpaired) electrons. The number of carbonyl (C=O) groups excluding carboxylic acids is 2. The average Bonchev–Trinajstić information content (AvgIpc) is 2.94. The molecule has 2 saturated heterocycles. The van der Waals surface area contributed by atoms with Gasteiger partial charge in [0.25, 0.3) is 0 Å². The van der Waals surface area contributed by atoms with Crippen molar-refractivity contribution < 1.29 is 23.1 Å². The summed E-state index contributed by atoms with van der Waals surface area (Å²) in [5, 5.41) is 2.58. The largest absolute Gasteiger partial charge is 0.460 e. The molecule has 1 aromatic carbocycles. The van der Waals surface area contributed by atoms with Gasteiger partial charge in [0.2, 0.25) is 5.91 Å². The lowest BCUT2D eigenvalue weighted by molar-refractivity contribution is -0.142. The molecule has 0 bridgehead atoms. The molecule has 2 aliphatic rings. The van der Waals surface area contributed by atoms with Crippen LogP contribution < -0.4 is 10.2 Å². The number of nitrogens with zero attached hydrogens (tertiary/aromatic N) is 1. The summed E-state index contributed by atoms with van der Waals surface area (Å²) >= 11 is 1.76. The Morgan fingerprint density at radius 1 is 1.32 bits per heavy atom. The molecule has 1 amide bonds. The van der Waals surface area contributed by atoms with Crippen molar-refractivity contribution in [2.75, 3.05) is 36.0 Å². The summed E-state index contributed by atoms with van der Waals surface area (Å²) in [6.45, 7) is 2.77. The molecule has 8 heteroatoms. The maximum atomic E-state index is 14.5. The number of carbonyl (C=O) groups is 2. The van der Waals surface area contributed by atoms with Gasteiger partial charge in [-0.05, 0) is 17.7 Å². The van der Waals surface area contributed by atoms with E-state index in [4.69, 9.17) is 4.74 Å². The molecule has 1 unspecified atom stereocenters. The number of halogens is 2. The van der Waals surface area contributed by atoms with Gasteiger partial charge < -0.3 is 15.0 Å². The minimum atomic E-state index is -0.714. The molecular formula is C17H20F2N2O3S. The maximum absolute atomic E-state index is 14.5. The van der Waals surface area contributed by atoms with E-state index in [-0.39, 0.29) is 30.1 Å². The van der Waals surface area contributed by atoms with Crippen molar-refractivity contribution in [2.24, 2.45) is 0 Å². The number of thioether (sulfide) groups is 1. The van der Waals surface area contributed by atoms with E-state index in [0.717, 1.165) is 11.5 Å². The third-order valence-electron chi connectivity index (χ3n) is 4.41. The summed E-state index contributed by atoms with van der Waals surface area (Å²) < 4.78 is 34.3. The summed E-state index contributed by atoms with van der Waals surface area (Å²) in [4.78, 5) is 24.7. The summed E-state index contributed by atoms with van der Waals surface area (Å²) in [7, 11) is 0. The van der Waals surface area contributed by atoms with Crippen LogP contribution in [0.5, 0.6) is 0 Å². The third-order valence-corrected chi connectivity index (χ3v) is 5.36. The molecule has 2 fully saturated rings. The van der Waals surface area contributed by atoms with Gasteiger partial charge in [0.05, 0.1) is 12.5 Å². The topological polar surface area (TPSA) is 58.6 Å². The molecule has 5 nitrogen and oxygen atoms in total. The Bertz CT molecular complexity index is 657. The lowest BCUT2D eigenvalue weighted by atomic mass is 9.95. The van der Waals surface area contributed by atoms with E-state index < -0.39 is 29.6 Å². The molecule has 0 aliphatic carbocycles. The highest BCUT2D eigenvalue weighted by Gasteiger charge is 2.36. The zero-order chi connectivity index (χ0) is 18.0. The van der Waals surface area contributed by atoms with Gasteiger partial charge in [-0.2, -0.15) is 11.8 Å². The van der Waals surface area contributed by atoms with Gasteiger partial charge in [0.15, 0.2) is 0 Å². The Morgan fingerprint density at radius 3 is 2.56 bits per heavy atom. The van der Waals surface area contributed by atoms with E-state index in [1.54, 1.807) is 16.7 Å². The van der Waals surface area contributed by atoms with Crippen molar-refractivity contribution in [1.82, 2.24) is 5.32 Å². The van der Waals surface area contributed by atoms with Crippen molar-refractivity contribution in [2.45, 2.75) is 25.4 Å². The Kier molecular flexibility index (Phi) is 5.46. The number of benzene rings is 1. The van der Waals surface area contributed by atoms with Crippen LogP contribution in [-0.2, 0) is 14.3 Å². The number of amides is 1. The predicted molar refractivity (Wildman–Crippen MR) is 91.8 cm³/mol. The smallest absolute Gasteiger partial charge is 0.313 e. The SMILES string of the molecule is CC(=O)NCC1C[C@H](c2cc(F)c(N3CCSCC3)c(F)c2)C(=O)O1. The summed E-state index contributed by atoms with van der Waals surface area (Å²) in [6.07, 6.45) is -0.191. The fourth-order valence-corrected chi connectivity index (χ4v) is 4.09. The lowest BCUT2D eigenvalue weighted by Crippen LogP contribution is -2.34. The average molecular weight is 370 g/mol. The number of ether oxygens (including phenoxy) is 1. The van der Waals surface area contributed by atoms with Gasteiger partial charge in [0.1, 0.15) is 23.4 Å². The minimum absolute atomic E-state index is 0.0230. The number of hydrogen-bond donors (Lipinski definition) is 1. The summed E-state index contributed by atoms with van der Waals surface area (Å²) in [5.41, 5.74) is 0.255. The molecule has 0 spiro atoms. The molecule has 25 heavy (non-hydrogen) atoms. The molecule has 1 aromatic rings. The van der Waals surface area contributed by atoms with Crippen LogP contribution in [0.3, 0.4) is 0 Å². The van der Waals surface area contributed by atoms with Crippen LogP contribution in [0.25, 0.3) is 0 Å². The zero-order valence-electron chi connectivity index (χ0n) is 13.9. The third kappa shape index (κ3) is 4.05. The Balaban J connectivity index is 1.76. The predicted octanol–water partition coefficient (Wildman–Crippen LogP) is 2.05. The molecule has 2 atom stereocenters. The Labute approximate surface area is 149 Å². The second kappa shape index (κ2) is 7.59. The van der Waals surface area contributed by atoms with Crippen LogP contribution in [0.4, 0.5) is 14.5 Å². The number of hydrogen-bond acceptors (Lipinski definition) is 5. The van der Waals surface area contributed by atoms with E-state index in [1.165, 1.54) is 19.1 Å². The van der Waals surface area contributed by atoms with Gasteiger partial charge >= 0.3 is 5.97 Å². The molecule has 136 valence electrons. The number of anilines is 1. The van der Waals surface area contributed by atoms with Crippen molar-refractivity contribution in [3.8, 4) is 0 Å². The monoisotopic (exact) mass is 370 g/mol. The minimum Gasteiger partial charge on any atom is -0.460 e. The van der Waals surface area contributed by atoms with Crippen molar-refractivity contribution in [3.05, 3.63) is 29.3 Å². The molecule has 0 aromatic heterocycles. The standard InChI is InChI=1S/C17H20F2N2O3S/c1-10(22)20-9-12-8-13(17(23)24-12)11-6-14(18)16(15(19)7-11)21-2-4-25-5-3-21/h6-7,12-13H,2-5,8-9H2,1H3,(H,20,22)/t12?,13-/m1/s1. The highest BCUT2D eigenvalue weighted by atomic mass is 32.2. The first kappa shape index (κ1) is 18.0. The van der Waals surface area contributed by atoms with E-state index >= 15 is 0 Å². The van der Waals surface area contributed by atoms with E-state index in [9.17, 15) is 18.4 Å². The maximum Gasteiger partial charge on any atom is 0.313 e. The second-order valence-corrected chi connectivity index (χ2v) is 7.44. The molecule has 1 N–H and O–H groups in total. The first-order valence-corrected chi connectivity index (χ1v) is 9.37. The van der Waals surface area contributed by atoms with Crippen LogP contribution in [0.15, 0.2) is 12.1 Å². The van der Waals surface area contributed by atoms with E-state index in [0.29, 0.717) is 13.1 Å². The van der Waals surface area contributed by atoms with Gasteiger partial charge in [-0.25, -0.2) is 8.78 Å². The Morgan fingerprint density at radius 2 is 1.96 bits per heavy atom. The van der Waals surface area contributed by atoms with Crippen LogP contribution in [0.2, 0.25) is 0 Å². The fourth-order valence-electron chi connectivity index (χ4n) is 3.18. The first-order chi connectivity index (χ1) is 12.0. The number of rotatable bonds is 4. The normalized spacial score (nSPS) is 23.5. The second-order valence-electron chi connectivity index (χ2n) is 6.22. The molecule has 3 rings (SSSR count). The van der Waals surface area contributed by atoms with Gasteiger partial charge in [-0.3, -0.25) is 9.59 Å². The van der Waals surface area contributed by atoms with Crippen molar-refractivity contribution >= 4 is 29.3 Å². The van der Waals surface area contributed by atoms with Crippen LogP contribution in [-0.4, -0.2) is 49.1 Å².